The Hall–Kier alpha value is -1.51. The summed E-state index contributed by atoms with van der Waals surface area (Å²) in [4.78, 5) is 37.6. The van der Waals surface area contributed by atoms with E-state index < -0.39 is 11.9 Å². The van der Waals surface area contributed by atoms with Crippen molar-refractivity contribution in [2.75, 3.05) is 59.0 Å². The highest BCUT2D eigenvalue weighted by molar-refractivity contribution is 5.90. The van der Waals surface area contributed by atoms with Gasteiger partial charge in [-0.3, -0.25) is 24.2 Å². The molecule has 0 unspecified atom stereocenters. The van der Waals surface area contributed by atoms with E-state index in [1.807, 2.05) is 16.7 Å². The maximum Gasteiger partial charge on any atom is 0.327 e. The van der Waals surface area contributed by atoms with Gasteiger partial charge in [0.25, 0.3) is 0 Å². The third-order valence-corrected chi connectivity index (χ3v) is 3.72. The van der Waals surface area contributed by atoms with Crippen LogP contribution in [-0.4, -0.2) is 86.7 Å². The SMILES string of the molecule is CCOC(=O)CN(CC)CCNCCCCN1CC(=O)OC(=O)C1. The number of unbranched alkanes of at least 4 members (excludes halogenated alkanes) is 1. The van der Waals surface area contributed by atoms with E-state index in [1.165, 1.54) is 0 Å². The number of cyclic esters (lactones) is 2. The molecule has 1 aliphatic heterocycles. The van der Waals surface area contributed by atoms with E-state index in [1.54, 1.807) is 6.92 Å². The van der Waals surface area contributed by atoms with E-state index in [-0.39, 0.29) is 19.1 Å². The second kappa shape index (κ2) is 11.9. The number of ether oxygens (including phenoxy) is 2. The normalized spacial score (nSPS) is 15.6. The van der Waals surface area contributed by atoms with Crippen LogP contribution in [0.5, 0.6) is 0 Å². The van der Waals surface area contributed by atoms with Crippen LogP contribution in [-0.2, 0) is 23.9 Å². The highest BCUT2D eigenvalue weighted by atomic mass is 16.6. The van der Waals surface area contributed by atoms with Crippen molar-refractivity contribution < 1.29 is 23.9 Å². The van der Waals surface area contributed by atoms with E-state index in [0.717, 1.165) is 39.0 Å². The molecule has 8 nitrogen and oxygen atoms in total. The maximum absolute atomic E-state index is 11.4. The predicted octanol–water partition coefficient (Wildman–Crippen LogP) is -0.373. The van der Waals surface area contributed by atoms with Crippen molar-refractivity contribution in [3.63, 3.8) is 0 Å². The fraction of sp³-hybridized carbons (Fsp3) is 0.812. The summed E-state index contributed by atoms with van der Waals surface area (Å²) in [6, 6.07) is 0. The third kappa shape index (κ3) is 8.95. The summed E-state index contributed by atoms with van der Waals surface area (Å²) in [5.41, 5.74) is 0. The number of nitrogens with zero attached hydrogens (tertiary/aromatic N) is 2. The predicted molar refractivity (Wildman–Crippen MR) is 88.4 cm³/mol. The van der Waals surface area contributed by atoms with Crippen molar-refractivity contribution in [2.45, 2.75) is 26.7 Å². The Morgan fingerprint density at radius 1 is 1.21 bits per heavy atom. The minimum atomic E-state index is -0.467. The summed E-state index contributed by atoms with van der Waals surface area (Å²) in [7, 11) is 0. The number of esters is 3. The molecule has 138 valence electrons. The van der Waals surface area contributed by atoms with Crippen molar-refractivity contribution in [2.24, 2.45) is 0 Å². The standard InChI is InChI=1S/C16H29N3O5/c1-3-18(11-14(20)23-4-2)10-8-17-7-5-6-9-19-12-15(21)24-16(22)13-19/h17H,3-13H2,1-2H3. The zero-order valence-electron chi connectivity index (χ0n) is 14.7. The fourth-order valence-corrected chi connectivity index (χ4v) is 2.46. The number of nitrogens with one attached hydrogen (secondary N) is 1. The molecule has 0 bridgehead atoms. The molecule has 0 aromatic heterocycles. The summed E-state index contributed by atoms with van der Waals surface area (Å²) in [5.74, 6) is -1.12. The molecular weight excluding hydrogens is 314 g/mol. The first-order valence-electron chi connectivity index (χ1n) is 8.59. The van der Waals surface area contributed by atoms with E-state index in [0.29, 0.717) is 19.7 Å². The van der Waals surface area contributed by atoms with E-state index in [4.69, 9.17) is 4.74 Å². The van der Waals surface area contributed by atoms with Gasteiger partial charge in [0, 0.05) is 13.1 Å². The van der Waals surface area contributed by atoms with Gasteiger partial charge in [-0.05, 0) is 39.4 Å². The molecule has 0 radical (unpaired) electrons. The van der Waals surface area contributed by atoms with Gasteiger partial charge in [-0.2, -0.15) is 0 Å². The lowest BCUT2D eigenvalue weighted by Gasteiger charge is -2.23. The number of carbonyl (C=O) groups is 3. The maximum atomic E-state index is 11.4. The van der Waals surface area contributed by atoms with Gasteiger partial charge < -0.3 is 14.8 Å². The molecule has 1 saturated heterocycles. The van der Waals surface area contributed by atoms with Crippen molar-refractivity contribution in [3.8, 4) is 0 Å². The molecular formula is C16H29N3O5. The number of carbonyl (C=O) groups excluding carboxylic acids is 3. The van der Waals surface area contributed by atoms with Gasteiger partial charge >= 0.3 is 17.9 Å². The van der Waals surface area contributed by atoms with Crippen molar-refractivity contribution in [3.05, 3.63) is 0 Å². The first-order chi connectivity index (χ1) is 11.5. The Bertz CT molecular complexity index is 401. The van der Waals surface area contributed by atoms with Gasteiger partial charge in [0.15, 0.2) is 0 Å². The molecule has 0 saturated carbocycles. The average Bonchev–Trinajstić information content (AvgIpc) is 2.52. The lowest BCUT2D eigenvalue weighted by atomic mass is 10.2. The Labute approximate surface area is 143 Å². The second-order valence-corrected chi connectivity index (χ2v) is 5.69. The van der Waals surface area contributed by atoms with Crippen molar-refractivity contribution in [1.29, 1.82) is 0 Å². The first kappa shape index (κ1) is 20.5. The summed E-state index contributed by atoms with van der Waals surface area (Å²) in [6.45, 7) is 8.93. The van der Waals surface area contributed by atoms with Crippen LogP contribution < -0.4 is 5.32 Å². The molecule has 1 aliphatic rings. The van der Waals surface area contributed by atoms with Crippen molar-refractivity contribution >= 4 is 17.9 Å². The Morgan fingerprint density at radius 2 is 1.92 bits per heavy atom. The second-order valence-electron chi connectivity index (χ2n) is 5.69. The number of likely N-dealkylation sites (N-methyl/N-ethyl adjacent to an activating group) is 1. The fourth-order valence-electron chi connectivity index (χ4n) is 2.46. The summed E-state index contributed by atoms with van der Waals surface area (Å²) in [5, 5.41) is 3.34. The molecule has 24 heavy (non-hydrogen) atoms. The molecule has 8 heteroatoms. The van der Waals surface area contributed by atoms with Gasteiger partial charge in [0.1, 0.15) is 0 Å². The van der Waals surface area contributed by atoms with E-state index in [9.17, 15) is 14.4 Å². The van der Waals surface area contributed by atoms with Crippen LogP contribution in [0.1, 0.15) is 26.7 Å². The Morgan fingerprint density at radius 3 is 2.54 bits per heavy atom. The smallest absolute Gasteiger partial charge is 0.327 e. The third-order valence-electron chi connectivity index (χ3n) is 3.72. The Kier molecular flexibility index (Phi) is 10.2. The number of morpholine rings is 1. The highest BCUT2D eigenvalue weighted by Crippen LogP contribution is 2.02. The molecule has 1 N–H and O–H groups in total. The van der Waals surface area contributed by atoms with Crippen molar-refractivity contribution in [1.82, 2.24) is 15.1 Å². The zero-order valence-corrected chi connectivity index (χ0v) is 14.7. The van der Waals surface area contributed by atoms with Gasteiger partial charge in [-0.25, -0.2) is 0 Å². The van der Waals surface area contributed by atoms with E-state index in [2.05, 4.69) is 10.1 Å². The van der Waals surface area contributed by atoms with Gasteiger partial charge in [-0.1, -0.05) is 6.92 Å². The Balaban J connectivity index is 2.02. The molecule has 0 aromatic rings. The molecule has 1 fully saturated rings. The molecule has 0 atom stereocenters. The van der Waals surface area contributed by atoms with Crippen LogP contribution in [0, 0.1) is 0 Å². The largest absolute Gasteiger partial charge is 0.465 e. The van der Waals surface area contributed by atoms with E-state index >= 15 is 0 Å². The lowest BCUT2D eigenvalue weighted by Crippen LogP contribution is -2.43. The average molecular weight is 343 g/mol. The molecule has 1 rings (SSSR count). The van der Waals surface area contributed by atoms with Gasteiger partial charge in [0.2, 0.25) is 0 Å². The first-order valence-corrected chi connectivity index (χ1v) is 8.59. The topological polar surface area (TPSA) is 88.2 Å². The van der Waals surface area contributed by atoms with Crippen LogP contribution in [0.15, 0.2) is 0 Å². The van der Waals surface area contributed by atoms with Crippen LogP contribution in [0.25, 0.3) is 0 Å². The number of rotatable bonds is 12. The van der Waals surface area contributed by atoms with Crippen LogP contribution in [0.2, 0.25) is 0 Å². The zero-order chi connectivity index (χ0) is 17.8. The van der Waals surface area contributed by atoms with Crippen LogP contribution >= 0.6 is 0 Å². The number of hydrogen-bond acceptors (Lipinski definition) is 8. The minimum Gasteiger partial charge on any atom is -0.465 e. The van der Waals surface area contributed by atoms with Crippen LogP contribution in [0.3, 0.4) is 0 Å². The summed E-state index contributed by atoms with van der Waals surface area (Å²) in [6.07, 6.45) is 1.87. The summed E-state index contributed by atoms with van der Waals surface area (Å²) >= 11 is 0. The highest BCUT2D eigenvalue weighted by Gasteiger charge is 2.23. The molecule has 0 aromatic carbocycles. The quantitative estimate of drug-likeness (QED) is 0.292. The number of hydrogen-bond donors (Lipinski definition) is 1. The molecule has 0 spiro atoms. The molecule has 0 amide bonds. The monoisotopic (exact) mass is 343 g/mol. The lowest BCUT2D eigenvalue weighted by molar-refractivity contribution is -0.166. The molecule has 1 heterocycles. The van der Waals surface area contributed by atoms with Crippen LogP contribution in [0.4, 0.5) is 0 Å². The van der Waals surface area contributed by atoms with Gasteiger partial charge in [-0.15, -0.1) is 0 Å². The molecule has 0 aliphatic carbocycles. The minimum absolute atomic E-state index is 0.186. The summed E-state index contributed by atoms with van der Waals surface area (Å²) < 4.78 is 9.43. The van der Waals surface area contributed by atoms with Gasteiger partial charge in [0.05, 0.1) is 26.2 Å².